The highest BCUT2D eigenvalue weighted by Gasteiger charge is 2.25. The number of benzene rings is 1. The summed E-state index contributed by atoms with van der Waals surface area (Å²) in [6.07, 6.45) is 0. The van der Waals surface area contributed by atoms with Gasteiger partial charge in [-0.3, -0.25) is 4.90 Å². The zero-order valence-electron chi connectivity index (χ0n) is 12.8. The molecule has 0 saturated carbocycles. The van der Waals surface area contributed by atoms with Crippen LogP contribution in [-0.4, -0.2) is 37.2 Å². The molecular formula is C16H26N2O. The lowest BCUT2D eigenvalue weighted by molar-refractivity contribution is 0.148. The van der Waals surface area contributed by atoms with Crippen LogP contribution in [0.1, 0.15) is 30.5 Å². The molecule has 106 valence electrons. The molecule has 0 aromatic heterocycles. The van der Waals surface area contributed by atoms with E-state index in [4.69, 9.17) is 4.74 Å². The van der Waals surface area contributed by atoms with Gasteiger partial charge in [-0.1, -0.05) is 12.1 Å². The van der Waals surface area contributed by atoms with Gasteiger partial charge in [-0.05, 0) is 44.4 Å². The molecule has 1 saturated heterocycles. The monoisotopic (exact) mass is 262 g/mol. The van der Waals surface area contributed by atoms with Gasteiger partial charge in [0.1, 0.15) is 5.75 Å². The van der Waals surface area contributed by atoms with Crippen LogP contribution < -0.4 is 10.1 Å². The molecule has 0 amide bonds. The van der Waals surface area contributed by atoms with Gasteiger partial charge in [0, 0.05) is 31.7 Å². The molecule has 0 bridgehead atoms. The minimum Gasteiger partial charge on any atom is -0.496 e. The Labute approximate surface area is 116 Å². The van der Waals surface area contributed by atoms with E-state index in [1.165, 1.54) is 16.7 Å². The molecule has 0 radical (unpaired) electrons. The third kappa shape index (κ3) is 3.48. The third-order valence-corrected chi connectivity index (χ3v) is 3.78. The van der Waals surface area contributed by atoms with E-state index in [2.05, 4.69) is 50.0 Å². The van der Waals surface area contributed by atoms with Crippen LogP contribution in [0.25, 0.3) is 0 Å². The Bertz CT molecular complexity index is 431. The summed E-state index contributed by atoms with van der Waals surface area (Å²) in [5, 5.41) is 3.55. The Hall–Kier alpha value is -1.06. The second-order valence-electron chi connectivity index (χ2n) is 6.28. The predicted molar refractivity (Wildman–Crippen MR) is 79.8 cm³/mol. The Kier molecular flexibility index (Phi) is 4.16. The fraction of sp³-hybridized carbons (Fsp3) is 0.625. The lowest BCUT2D eigenvalue weighted by Gasteiger charge is -2.39. The van der Waals surface area contributed by atoms with Gasteiger partial charge in [0.25, 0.3) is 0 Å². The molecule has 1 fully saturated rings. The van der Waals surface area contributed by atoms with Crippen LogP contribution in [-0.2, 0) is 6.54 Å². The van der Waals surface area contributed by atoms with Gasteiger partial charge in [0.15, 0.2) is 0 Å². The predicted octanol–water partition coefficient (Wildman–Crippen LogP) is 2.50. The first-order chi connectivity index (χ1) is 8.91. The highest BCUT2D eigenvalue weighted by atomic mass is 16.5. The van der Waals surface area contributed by atoms with Crippen molar-refractivity contribution in [3.05, 3.63) is 28.8 Å². The first-order valence-corrected chi connectivity index (χ1v) is 7.03. The molecule has 2 rings (SSSR count). The molecule has 1 aliphatic heterocycles. The third-order valence-electron chi connectivity index (χ3n) is 3.78. The minimum absolute atomic E-state index is 0.217. The molecule has 0 atom stereocenters. The van der Waals surface area contributed by atoms with Gasteiger partial charge in [-0.15, -0.1) is 0 Å². The molecule has 1 aliphatic rings. The van der Waals surface area contributed by atoms with Crippen molar-refractivity contribution in [3.8, 4) is 5.75 Å². The summed E-state index contributed by atoms with van der Waals surface area (Å²) in [4.78, 5) is 2.52. The number of nitrogens with zero attached hydrogens (tertiary/aromatic N) is 1. The fourth-order valence-corrected chi connectivity index (χ4v) is 3.09. The number of methoxy groups -OCH3 is 1. The smallest absolute Gasteiger partial charge is 0.124 e. The maximum Gasteiger partial charge on any atom is 0.124 e. The summed E-state index contributed by atoms with van der Waals surface area (Å²) in [5.41, 5.74) is 4.06. The van der Waals surface area contributed by atoms with Crippen LogP contribution in [0.3, 0.4) is 0 Å². The summed E-state index contributed by atoms with van der Waals surface area (Å²) in [7, 11) is 1.74. The molecule has 19 heavy (non-hydrogen) atoms. The molecule has 0 spiro atoms. The van der Waals surface area contributed by atoms with Gasteiger partial charge >= 0.3 is 0 Å². The number of hydrogen-bond acceptors (Lipinski definition) is 3. The van der Waals surface area contributed by atoms with E-state index in [1.54, 1.807) is 7.11 Å². The highest BCUT2D eigenvalue weighted by Crippen LogP contribution is 2.25. The van der Waals surface area contributed by atoms with Gasteiger partial charge < -0.3 is 10.1 Å². The van der Waals surface area contributed by atoms with Crippen molar-refractivity contribution in [2.45, 2.75) is 39.8 Å². The van der Waals surface area contributed by atoms with Crippen LogP contribution in [0.2, 0.25) is 0 Å². The highest BCUT2D eigenvalue weighted by molar-refractivity contribution is 5.43. The second kappa shape index (κ2) is 5.51. The molecule has 3 nitrogen and oxygen atoms in total. The van der Waals surface area contributed by atoms with E-state index < -0.39 is 0 Å². The molecule has 1 N–H and O–H groups in total. The molecule has 1 aromatic carbocycles. The van der Waals surface area contributed by atoms with Crippen LogP contribution in [0.5, 0.6) is 5.75 Å². The van der Waals surface area contributed by atoms with Gasteiger partial charge in [0.05, 0.1) is 7.11 Å². The van der Waals surface area contributed by atoms with Crippen molar-refractivity contribution in [1.29, 1.82) is 0 Å². The van der Waals surface area contributed by atoms with Crippen molar-refractivity contribution in [2.75, 3.05) is 26.7 Å². The normalized spacial score (nSPS) is 19.4. The van der Waals surface area contributed by atoms with Crippen LogP contribution in [0.15, 0.2) is 12.1 Å². The molecule has 0 aliphatic carbocycles. The van der Waals surface area contributed by atoms with Crippen molar-refractivity contribution in [3.63, 3.8) is 0 Å². The van der Waals surface area contributed by atoms with Crippen LogP contribution in [0, 0.1) is 13.8 Å². The lowest BCUT2D eigenvalue weighted by Crippen LogP contribution is -2.56. The van der Waals surface area contributed by atoms with E-state index in [9.17, 15) is 0 Å². The number of aryl methyl sites for hydroxylation is 2. The first-order valence-electron chi connectivity index (χ1n) is 7.03. The fourth-order valence-electron chi connectivity index (χ4n) is 3.09. The Morgan fingerprint density at radius 2 is 1.89 bits per heavy atom. The van der Waals surface area contributed by atoms with Crippen molar-refractivity contribution in [1.82, 2.24) is 10.2 Å². The molecule has 0 unspecified atom stereocenters. The number of ether oxygens (including phenoxy) is 1. The molecular weight excluding hydrogens is 236 g/mol. The van der Waals surface area contributed by atoms with Crippen LogP contribution in [0.4, 0.5) is 0 Å². The standard InChI is InChI=1S/C16H26N2O/c1-12-8-14(9-13(2)15(12)19-5)10-18-7-6-17-16(3,4)11-18/h8-9,17H,6-7,10-11H2,1-5H3. The van der Waals surface area contributed by atoms with E-state index in [1.807, 2.05) is 0 Å². The zero-order valence-corrected chi connectivity index (χ0v) is 12.8. The Morgan fingerprint density at radius 1 is 1.26 bits per heavy atom. The molecule has 1 aromatic rings. The SMILES string of the molecule is COc1c(C)cc(CN2CCNC(C)(C)C2)cc1C. The van der Waals surface area contributed by atoms with E-state index in [-0.39, 0.29) is 5.54 Å². The lowest BCUT2D eigenvalue weighted by atomic mass is 10.0. The molecule has 3 heteroatoms. The van der Waals surface area contributed by atoms with E-state index in [0.29, 0.717) is 0 Å². The Balaban J connectivity index is 2.11. The summed E-state index contributed by atoms with van der Waals surface area (Å²) in [5.74, 6) is 1.02. The first kappa shape index (κ1) is 14.4. The van der Waals surface area contributed by atoms with Gasteiger partial charge in [-0.2, -0.15) is 0 Å². The number of hydrogen-bond donors (Lipinski definition) is 1. The van der Waals surface area contributed by atoms with E-state index >= 15 is 0 Å². The summed E-state index contributed by atoms with van der Waals surface area (Å²) in [6, 6.07) is 4.50. The quantitative estimate of drug-likeness (QED) is 0.906. The number of nitrogens with one attached hydrogen (secondary N) is 1. The largest absolute Gasteiger partial charge is 0.496 e. The van der Waals surface area contributed by atoms with Gasteiger partial charge in [-0.25, -0.2) is 0 Å². The summed E-state index contributed by atoms with van der Waals surface area (Å²) >= 11 is 0. The summed E-state index contributed by atoms with van der Waals surface area (Å²) < 4.78 is 5.43. The molecule has 1 heterocycles. The van der Waals surface area contributed by atoms with Crippen molar-refractivity contribution >= 4 is 0 Å². The van der Waals surface area contributed by atoms with E-state index in [0.717, 1.165) is 31.9 Å². The maximum absolute atomic E-state index is 5.43. The minimum atomic E-state index is 0.217. The number of piperazine rings is 1. The van der Waals surface area contributed by atoms with Crippen molar-refractivity contribution < 1.29 is 4.74 Å². The average Bonchev–Trinajstić information content (AvgIpc) is 2.27. The van der Waals surface area contributed by atoms with Crippen LogP contribution >= 0.6 is 0 Å². The van der Waals surface area contributed by atoms with Crippen molar-refractivity contribution in [2.24, 2.45) is 0 Å². The topological polar surface area (TPSA) is 24.5 Å². The summed E-state index contributed by atoms with van der Waals surface area (Å²) in [6.45, 7) is 13.1. The Morgan fingerprint density at radius 3 is 2.42 bits per heavy atom. The van der Waals surface area contributed by atoms with Gasteiger partial charge in [0.2, 0.25) is 0 Å². The second-order valence-corrected chi connectivity index (χ2v) is 6.28. The zero-order chi connectivity index (χ0) is 14.0. The maximum atomic E-state index is 5.43. The number of rotatable bonds is 3. The average molecular weight is 262 g/mol.